The average Bonchev–Trinajstić information content (AvgIpc) is 2.91. The molecule has 1 aromatic rings. The standard InChI is InChI=1S/C17H16O4S/c1-4-5-6-7-8-9-15-10-11-17(22-15)16(21-14(3)19)12-20-13(2)18/h4-5,10-11,16H,12H2,1-3H3/t16-/m0/s1. The van der Waals surface area contributed by atoms with Crippen molar-refractivity contribution in [2.45, 2.75) is 26.9 Å². The van der Waals surface area contributed by atoms with Crippen molar-refractivity contribution in [1.29, 1.82) is 0 Å². The van der Waals surface area contributed by atoms with Crippen LogP contribution in [0.5, 0.6) is 0 Å². The van der Waals surface area contributed by atoms with Gasteiger partial charge in [-0.3, -0.25) is 9.59 Å². The highest BCUT2D eigenvalue weighted by atomic mass is 32.1. The molecule has 0 aliphatic rings. The number of thiophene rings is 1. The van der Waals surface area contributed by atoms with Crippen molar-refractivity contribution in [2.24, 2.45) is 0 Å². The number of carbonyl (C=O) groups is 2. The molecular formula is C17H16O4S. The average molecular weight is 316 g/mol. The van der Waals surface area contributed by atoms with Crippen LogP contribution in [-0.4, -0.2) is 18.5 Å². The Bertz CT molecular complexity index is 677. The Morgan fingerprint density at radius 1 is 1.27 bits per heavy atom. The van der Waals surface area contributed by atoms with E-state index < -0.39 is 18.0 Å². The minimum Gasteiger partial charge on any atom is -0.462 e. The van der Waals surface area contributed by atoms with Crippen LogP contribution >= 0.6 is 11.3 Å². The molecule has 0 saturated heterocycles. The largest absolute Gasteiger partial charge is 0.462 e. The highest BCUT2D eigenvalue weighted by Crippen LogP contribution is 2.26. The van der Waals surface area contributed by atoms with Gasteiger partial charge in [-0.05, 0) is 42.9 Å². The third kappa shape index (κ3) is 6.78. The summed E-state index contributed by atoms with van der Waals surface area (Å²) in [5, 5.41) is 0. The van der Waals surface area contributed by atoms with E-state index in [1.54, 1.807) is 12.1 Å². The van der Waals surface area contributed by atoms with E-state index in [9.17, 15) is 9.59 Å². The van der Waals surface area contributed by atoms with E-state index in [1.807, 2.05) is 19.1 Å². The molecule has 1 aromatic heterocycles. The van der Waals surface area contributed by atoms with E-state index in [0.717, 1.165) is 9.75 Å². The minimum atomic E-state index is -0.615. The number of hydrogen-bond donors (Lipinski definition) is 0. The molecule has 0 aliphatic carbocycles. The third-order valence-corrected chi connectivity index (χ3v) is 3.35. The van der Waals surface area contributed by atoms with Crippen molar-refractivity contribution in [2.75, 3.05) is 6.61 Å². The van der Waals surface area contributed by atoms with E-state index >= 15 is 0 Å². The molecule has 0 unspecified atom stereocenters. The number of hydrogen-bond acceptors (Lipinski definition) is 5. The summed E-state index contributed by atoms with van der Waals surface area (Å²) in [5.41, 5.74) is 0. The molecule has 0 spiro atoms. The van der Waals surface area contributed by atoms with Gasteiger partial charge in [0.2, 0.25) is 0 Å². The number of rotatable bonds is 4. The fourth-order valence-corrected chi connectivity index (χ4v) is 2.29. The molecule has 114 valence electrons. The Labute approximate surface area is 134 Å². The third-order valence-electron chi connectivity index (χ3n) is 2.26. The Balaban J connectivity index is 2.82. The molecule has 0 radical (unpaired) electrons. The van der Waals surface area contributed by atoms with Crippen molar-refractivity contribution >= 4 is 23.3 Å². The molecule has 0 aromatic carbocycles. The van der Waals surface area contributed by atoms with Crippen LogP contribution in [-0.2, 0) is 19.1 Å². The molecule has 22 heavy (non-hydrogen) atoms. The van der Waals surface area contributed by atoms with Gasteiger partial charge >= 0.3 is 11.9 Å². The molecule has 4 nitrogen and oxygen atoms in total. The van der Waals surface area contributed by atoms with Crippen LogP contribution in [0.2, 0.25) is 0 Å². The van der Waals surface area contributed by atoms with E-state index in [0.29, 0.717) is 0 Å². The summed E-state index contributed by atoms with van der Waals surface area (Å²) in [6.45, 7) is 4.49. The molecule has 0 saturated carbocycles. The zero-order valence-electron chi connectivity index (χ0n) is 12.6. The summed E-state index contributed by atoms with van der Waals surface area (Å²) in [6, 6.07) is 3.61. The minimum absolute atomic E-state index is 0.0105. The number of esters is 2. The van der Waals surface area contributed by atoms with E-state index in [2.05, 4.69) is 23.7 Å². The topological polar surface area (TPSA) is 52.6 Å². The van der Waals surface area contributed by atoms with Crippen LogP contribution in [0.1, 0.15) is 36.6 Å². The summed E-state index contributed by atoms with van der Waals surface area (Å²) in [6.07, 6.45) is 2.93. The maximum atomic E-state index is 11.1. The first-order chi connectivity index (χ1) is 10.5. The smallest absolute Gasteiger partial charge is 0.303 e. The molecule has 0 fully saturated rings. The molecule has 0 amide bonds. The molecule has 0 N–H and O–H groups in total. The summed E-state index contributed by atoms with van der Waals surface area (Å²) in [7, 11) is 0. The maximum Gasteiger partial charge on any atom is 0.303 e. The van der Waals surface area contributed by atoms with Gasteiger partial charge < -0.3 is 9.47 Å². The first-order valence-electron chi connectivity index (χ1n) is 6.56. The Hall–Kier alpha value is -2.50. The lowest BCUT2D eigenvalue weighted by Gasteiger charge is -2.14. The van der Waals surface area contributed by atoms with Crippen molar-refractivity contribution in [1.82, 2.24) is 0 Å². The van der Waals surface area contributed by atoms with Crippen LogP contribution in [0.3, 0.4) is 0 Å². The Morgan fingerprint density at radius 2 is 2.05 bits per heavy atom. The molecule has 5 heteroatoms. The van der Waals surface area contributed by atoms with Crippen LogP contribution in [0, 0.1) is 23.7 Å². The summed E-state index contributed by atoms with van der Waals surface area (Å²) in [4.78, 5) is 23.6. The van der Waals surface area contributed by atoms with Gasteiger partial charge in [0, 0.05) is 18.7 Å². The van der Waals surface area contributed by atoms with E-state index in [-0.39, 0.29) is 6.61 Å². The lowest BCUT2D eigenvalue weighted by atomic mass is 10.3. The van der Waals surface area contributed by atoms with Crippen molar-refractivity contribution in [3.05, 3.63) is 34.0 Å². The lowest BCUT2D eigenvalue weighted by molar-refractivity contribution is -0.156. The summed E-state index contributed by atoms with van der Waals surface area (Å²) in [5.74, 6) is 10.3. The quantitative estimate of drug-likeness (QED) is 0.633. The van der Waals surface area contributed by atoms with Gasteiger partial charge in [-0.15, -0.1) is 11.3 Å². The van der Waals surface area contributed by atoms with Crippen LogP contribution in [0.15, 0.2) is 24.3 Å². The zero-order valence-corrected chi connectivity index (χ0v) is 13.5. The normalized spacial score (nSPS) is 10.9. The van der Waals surface area contributed by atoms with Gasteiger partial charge in [0.1, 0.15) is 6.61 Å². The van der Waals surface area contributed by atoms with Crippen molar-refractivity contribution in [3.8, 4) is 23.7 Å². The molecular weight excluding hydrogens is 300 g/mol. The first-order valence-corrected chi connectivity index (χ1v) is 7.37. The predicted molar refractivity (Wildman–Crippen MR) is 84.9 cm³/mol. The summed E-state index contributed by atoms with van der Waals surface area (Å²) >= 11 is 1.37. The van der Waals surface area contributed by atoms with Gasteiger partial charge in [0.25, 0.3) is 0 Å². The van der Waals surface area contributed by atoms with Crippen LogP contribution in [0.4, 0.5) is 0 Å². The molecule has 1 rings (SSSR count). The monoisotopic (exact) mass is 316 g/mol. The maximum absolute atomic E-state index is 11.1. The molecule has 0 aliphatic heterocycles. The van der Waals surface area contributed by atoms with Gasteiger partial charge in [-0.25, -0.2) is 0 Å². The number of carbonyl (C=O) groups excluding carboxylic acids is 2. The van der Waals surface area contributed by atoms with Gasteiger partial charge in [0.05, 0.1) is 4.88 Å². The Morgan fingerprint density at radius 3 is 2.68 bits per heavy atom. The fraction of sp³-hybridized carbons (Fsp3) is 0.294. The van der Waals surface area contributed by atoms with Crippen molar-refractivity contribution in [3.63, 3.8) is 0 Å². The van der Waals surface area contributed by atoms with Gasteiger partial charge in [-0.2, -0.15) is 0 Å². The van der Waals surface area contributed by atoms with Crippen LogP contribution < -0.4 is 0 Å². The lowest BCUT2D eigenvalue weighted by Crippen LogP contribution is -2.15. The van der Waals surface area contributed by atoms with Crippen LogP contribution in [0.25, 0.3) is 0 Å². The fourth-order valence-electron chi connectivity index (χ4n) is 1.41. The van der Waals surface area contributed by atoms with Gasteiger partial charge in [0.15, 0.2) is 6.10 Å². The Kier molecular flexibility index (Phi) is 7.53. The number of allylic oxidation sites excluding steroid dienone is 2. The van der Waals surface area contributed by atoms with E-state index in [4.69, 9.17) is 9.47 Å². The second-order valence-electron chi connectivity index (χ2n) is 4.12. The SMILES string of the molecule is CC=CC#CC#Cc1ccc([C@H](COC(C)=O)OC(C)=O)s1. The molecule has 1 heterocycles. The summed E-state index contributed by atoms with van der Waals surface area (Å²) < 4.78 is 10.1. The molecule has 0 bridgehead atoms. The zero-order chi connectivity index (χ0) is 16.4. The van der Waals surface area contributed by atoms with Crippen molar-refractivity contribution < 1.29 is 19.1 Å². The second kappa shape index (κ2) is 9.44. The second-order valence-corrected chi connectivity index (χ2v) is 5.24. The number of ether oxygens (including phenoxy) is 2. The molecule has 1 atom stereocenters. The predicted octanol–water partition coefficient (Wildman–Crippen LogP) is 2.85. The van der Waals surface area contributed by atoms with Gasteiger partial charge in [-0.1, -0.05) is 12.0 Å². The highest BCUT2D eigenvalue weighted by molar-refractivity contribution is 7.12. The first kappa shape index (κ1) is 17.6. The van der Waals surface area contributed by atoms with E-state index in [1.165, 1.54) is 25.2 Å². The highest BCUT2D eigenvalue weighted by Gasteiger charge is 2.18.